The van der Waals surface area contributed by atoms with E-state index in [9.17, 15) is 14.0 Å². The maximum absolute atomic E-state index is 13.6. The quantitative estimate of drug-likeness (QED) is 0.783. The van der Waals surface area contributed by atoms with Crippen LogP contribution < -0.4 is 10.1 Å². The molecule has 0 radical (unpaired) electrons. The summed E-state index contributed by atoms with van der Waals surface area (Å²) in [5.74, 6) is -0.545. The highest BCUT2D eigenvalue weighted by atomic mass is 19.1. The van der Waals surface area contributed by atoms with Crippen LogP contribution >= 0.6 is 0 Å². The fourth-order valence-corrected chi connectivity index (χ4v) is 2.33. The van der Waals surface area contributed by atoms with Gasteiger partial charge in [0, 0.05) is 12.5 Å². The van der Waals surface area contributed by atoms with Crippen molar-refractivity contribution >= 4 is 11.9 Å². The highest BCUT2D eigenvalue weighted by molar-refractivity contribution is 5.76. The average Bonchev–Trinajstić information content (AvgIpc) is 2.60. The zero-order chi connectivity index (χ0) is 18.2. The van der Waals surface area contributed by atoms with Crippen molar-refractivity contribution in [3.63, 3.8) is 0 Å². The summed E-state index contributed by atoms with van der Waals surface area (Å²) in [4.78, 5) is 23.5. The summed E-state index contributed by atoms with van der Waals surface area (Å²) < 4.78 is 23.8. The molecule has 1 N–H and O–H groups in total. The molecule has 0 bridgehead atoms. The molecule has 5 nitrogen and oxygen atoms in total. The van der Waals surface area contributed by atoms with Crippen molar-refractivity contribution < 1.29 is 23.5 Å². The summed E-state index contributed by atoms with van der Waals surface area (Å²) in [5.41, 5.74) is 1.05. The molecule has 0 aliphatic carbocycles. The van der Waals surface area contributed by atoms with Crippen molar-refractivity contribution in [1.29, 1.82) is 0 Å². The lowest BCUT2D eigenvalue weighted by Crippen LogP contribution is -2.28. The molecule has 0 aliphatic heterocycles. The van der Waals surface area contributed by atoms with E-state index < -0.39 is 17.8 Å². The third-order valence-corrected chi connectivity index (χ3v) is 3.61. The van der Waals surface area contributed by atoms with Gasteiger partial charge in [0.2, 0.25) is 5.91 Å². The van der Waals surface area contributed by atoms with E-state index >= 15 is 0 Å². The lowest BCUT2D eigenvalue weighted by Gasteiger charge is -2.18. The monoisotopic (exact) mass is 345 g/mol. The minimum atomic E-state index is -0.531. The van der Waals surface area contributed by atoms with E-state index in [0.29, 0.717) is 11.3 Å². The van der Waals surface area contributed by atoms with E-state index in [-0.39, 0.29) is 18.9 Å². The first-order valence-electron chi connectivity index (χ1n) is 7.79. The van der Waals surface area contributed by atoms with Gasteiger partial charge in [-0.15, -0.1) is 0 Å². The predicted molar refractivity (Wildman–Crippen MR) is 90.4 cm³/mol. The van der Waals surface area contributed by atoms with Gasteiger partial charge in [0.25, 0.3) is 0 Å². The van der Waals surface area contributed by atoms with E-state index in [1.165, 1.54) is 13.0 Å². The van der Waals surface area contributed by atoms with Crippen molar-refractivity contribution in [2.45, 2.75) is 26.0 Å². The second-order valence-electron chi connectivity index (χ2n) is 5.48. The molecular weight excluding hydrogens is 325 g/mol. The van der Waals surface area contributed by atoms with Crippen molar-refractivity contribution in [1.82, 2.24) is 5.32 Å². The number of nitrogens with one attached hydrogen (secondary N) is 1. The number of hydrogen-bond acceptors (Lipinski definition) is 4. The van der Waals surface area contributed by atoms with Gasteiger partial charge in [-0.2, -0.15) is 0 Å². The minimum absolute atomic E-state index is 0.0552. The van der Waals surface area contributed by atoms with E-state index in [0.717, 1.165) is 5.56 Å². The number of amides is 1. The summed E-state index contributed by atoms with van der Waals surface area (Å²) in [6, 6.07) is 12.6. The maximum atomic E-state index is 13.6. The van der Waals surface area contributed by atoms with Crippen molar-refractivity contribution in [2.75, 3.05) is 7.11 Å². The van der Waals surface area contributed by atoms with Crippen LogP contribution in [0, 0.1) is 5.82 Å². The van der Waals surface area contributed by atoms with E-state index in [2.05, 4.69) is 5.32 Å². The number of esters is 1. The van der Waals surface area contributed by atoms with E-state index in [1.807, 2.05) is 0 Å². The first-order valence-corrected chi connectivity index (χ1v) is 7.79. The van der Waals surface area contributed by atoms with Crippen LogP contribution in [-0.2, 0) is 20.9 Å². The van der Waals surface area contributed by atoms with Crippen LogP contribution in [0.2, 0.25) is 0 Å². The standard InChI is InChI=1S/C19H20FNO4/c1-13(22)21-18(14-7-9-16(24-2)10-8-14)11-19(23)25-12-15-5-3-4-6-17(15)20/h3-10,18H,11-12H2,1-2H3,(H,21,22). The van der Waals surface area contributed by atoms with Gasteiger partial charge in [-0.3, -0.25) is 9.59 Å². The minimum Gasteiger partial charge on any atom is -0.497 e. The fourth-order valence-electron chi connectivity index (χ4n) is 2.33. The summed E-state index contributed by atoms with van der Waals surface area (Å²) in [6.45, 7) is 1.22. The molecule has 1 amide bonds. The summed E-state index contributed by atoms with van der Waals surface area (Å²) in [7, 11) is 1.56. The first-order chi connectivity index (χ1) is 12.0. The van der Waals surface area contributed by atoms with Crippen LogP contribution in [0.5, 0.6) is 5.75 Å². The topological polar surface area (TPSA) is 64.6 Å². The molecule has 2 rings (SSSR count). The van der Waals surface area contributed by atoms with E-state index in [4.69, 9.17) is 9.47 Å². The van der Waals surface area contributed by atoms with Crippen LogP contribution in [0.15, 0.2) is 48.5 Å². The highest BCUT2D eigenvalue weighted by Gasteiger charge is 2.18. The number of carbonyl (C=O) groups is 2. The number of methoxy groups -OCH3 is 1. The Morgan fingerprint density at radius 2 is 1.80 bits per heavy atom. The third-order valence-electron chi connectivity index (χ3n) is 3.61. The Labute approximate surface area is 145 Å². The highest BCUT2D eigenvalue weighted by Crippen LogP contribution is 2.21. The molecule has 0 aliphatic rings. The Kier molecular flexibility index (Phi) is 6.51. The van der Waals surface area contributed by atoms with Gasteiger partial charge in [0.05, 0.1) is 19.6 Å². The molecule has 2 aromatic carbocycles. The molecule has 25 heavy (non-hydrogen) atoms. The Bertz CT molecular complexity index is 730. The van der Waals surface area contributed by atoms with Crippen molar-refractivity contribution in [3.05, 3.63) is 65.5 Å². The molecule has 0 aromatic heterocycles. The number of rotatable bonds is 7. The molecular formula is C19H20FNO4. The molecule has 132 valence electrons. The molecule has 0 saturated heterocycles. The van der Waals surface area contributed by atoms with Crippen molar-refractivity contribution in [3.8, 4) is 5.75 Å². The second kappa shape index (κ2) is 8.82. The lowest BCUT2D eigenvalue weighted by molar-refractivity contribution is -0.145. The molecule has 1 atom stereocenters. The SMILES string of the molecule is COc1ccc(C(CC(=O)OCc2ccccc2F)NC(C)=O)cc1. The van der Waals surface area contributed by atoms with Crippen LogP contribution in [0.25, 0.3) is 0 Å². The summed E-state index contributed by atoms with van der Waals surface area (Å²) in [6.07, 6.45) is -0.0552. The third kappa shape index (κ3) is 5.60. The Hall–Kier alpha value is -2.89. The smallest absolute Gasteiger partial charge is 0.308 e. The molecule has 1 unspecified atom stereocenters. The van der Waals surface area contributed by atoms with Gasteiger partial charge >= 0.3 is 5.97 Å². The number of benzene rings is 2. The van der Waals surface area contributed by atoms with Gasteiger partial charge in [-0.1, -0.05) is 30.3 Å². The van der Waals surface area contributed by atoms with Crippen LogP contribution in [0.3, 0.4) is 0 Å². The molecule has 0 fully saturated rings. The zero-order valence-electron chi connectivity index (χ0n) is 14.1. The second-order valence-corrected chi connectivity index (χ2v) is 5.48. The number of hydrogen-bond donors (Lipinski definition) is 1. The molecule has 0 spiro atoms. The van der Waals surface area contributed by atoms with Gasteiger partial charge in [0.15, 0.2) is 0 Å². The molecule has 0 heterocycles. The molecule has 0 saturated carbocycles. The zero-order valence-corrected chi connectivity index (χ0v) is 14.1. The normalized spacial score (nSPS) is 11.5. The van der Waals surface area contributed by atoms with Gasteiger partial charge in [0.1, 0.15) is 18.2 Å². The first kappa shape index (κ1) is 18.4. The summed E-state index contributed by atoms with van der Waals surface area (Å²) >= 11 is 0. The summed E-state index contributed by atoms with van der Waals surface area (Å²) in [5, 5.41) is 2.72. The Morgan fingerprint density at radius 3 is 2.40 bits per heavy atom. The van der Waals surface area contributed by atoms with E-state index in [1.54, 1.807) is 49.6 Å². The van der Waals surface area contributed by atoms with Gasteiger partial charge < -0.3 is 14.8 Å². The van der Waals surface area contributed by atoms with Crippen molar-refractivity contribution in [2.24, 2.45) is 0 Å². The fraction of sp³-hybridized carbons (Fsp3) is 0.263. The van der Waals surface area contributed by atoms with Crippen LogP contribution in [0.4, 0.5) is 4.39 Å². The van der Waals surface area contributed by atoms with Gasteiger partial charge in [-0.25, -0.2) is 4.39 Å². The van der Waals surface area contributed by atoms with Crippen LogP contribution in [0.1, 0.15) is 30.5 Å². The Morgan fingerprint density at radius 1 is 1.12 bits per heavy atom. The Balaban J connectivity index is 2.01. The number of halogens is 1. The lowest BCUT2D eigenvalue weighted by atomic mass is 10.0. The molecule has 6 heteroatoms. The predicted octanol–water partition coefficient (Wildman–Crippen LogP) is 3.15. The van der Waals surface area contributed by atoms with Gasteiger partial charge in [-0.05, 0) is 23.8 Å². The average molecular weight is 345 g/mol. The van der Waals surface area contributed by atoms with Crippen LogP contribution in [-0.4, -0.2) is 19.0 Å². The number of ether oxygens (including phenoxy) is 2. The molecule has 2 aromatic rings. The largest absolute Gasteiger partial charge is 0.497 e. The number of carbonyl (C=O) groups excluding carboxylic acids is 2. The maximum Gasteiger partial charge on any atom is 0.308 e.